The molecule has 0 saturated heterocycles. The van der Waals surface area contributed by atoms with E-state index >= 15 is 0 Å². The number of hydrogen-bond donors (Lipinski definition) is 2. The van der Waals surface area contributed by atoms with Crippen molar-refractivity contribution in [2.24, 2.45) is 0 Å². The van der Waals surface area contributed by atoms with E-state index in [2.05, 4.69) is 5.32 Å². The van der Waals surface area contributed by atoms with Crippen LogP contribution in [0.1, 0.15) is 18.1 Å². The normalized spacial score (nSPS) is 15.4. The van der Waals surface area contributed by atoms with E-state index < -0.39 is 35.9 Å². The molecule has 4 amide bonds. The molecule has 0 spiro atoms. The zero-order chi connectivity index (χ0) is 32.5. The predicted octanol–water partition coefficient (Wildman–Crippen LogP) is 3.19. The van der Waals surface area contributed by atoms with Crippen molar-refractivity contribution in [1.82, 2.24) is 10.2 Å². The Balaban J connectivity index is 1.68. The minimum atomic E-state index is -1.29. The first-order valence-corrected chi connectivity index (χ1v) is 14.7. The number of anilines is 2. The summed E-state index contributed by atoms with van der Waals surface area (Å²) in [5, 5.41) is 14.1. The number of nitrogens with one attached hydrogen (secondary N) is 1. The van der Waals surface area contributed by atoms with Gasteiger partial charge in [0, 0.05) is 14.2 Å². The largest absolute Gasteiger partial charge is 0.465 e. The van der Waals surface area contributed by atoms with Gasteiger partial charge in [-0.05, 0) is 47.9 Å². The van der Waals surface area contributed by atoms with Crippen LogP contribution in [0.5, 0.6) is 0 Å². The van der Waals surface area contributed by atoms with E-state index in [0.29, 0.717) is 24.6 Å². The molecular formula is C33H40N4O8. The lowest BCUT2D eigenvalue weighted by molar-refractivity contribution is -0.130. The van der Waals surface area contributed by atoms with Crippen LogP contribution in [0.25, 0.3) is 10.8 Å². The fraction of sp³-hybridized carbons (Fsp3) is 0.394. The number of likely N-dealkylation sites (N-methyl/N-ethyl adjacent to an activating group) is 1. The van der Waals surface area contributed by atoms with E-state index in [0.717, 1.165) is 26.8 Å². The second-order valence-electron chi connectivity index (χ2n) is 10.8. The van der Waals surface area contributed by atoms with Crippen molar-refractivity contribution in [1.29, 1.82) is 0 Å². The van der Waals surface area contributed by atoms with Gasteiger partial charge in [-0.1, -0.05) is 48.5 Å². The highest BCUT2D eigenvalue weighted by Gasteiger charge is 2.38. The van der Waals surface area contributed by atoms with Crippen molar-refractivity contribution < 1.29 is 38.5 Å². The van der Waals surface area contributed by atoms with Gasteiger partial charge >= 0.3 is 6.09 Å². The van der Waals surface area contributed by atoms with E-state index in [-0.39, 0.29) is 32.9 Å². The first-order chi connectivity index (χ1) is 21.6. The number of benzene rings is 3. The molecule has 240 valence electrons. The van der Waals surface area contributed by atoms with Gasteiger partial charge in [-0.15, -0.1) is 0 Å². The molecule has 0 saturated carbocycles. The third-order valence-electron chi connectivity index (χ3n) is 7.89. The number of aryl methyl sites for hydroxylation is 1. The molecule has 1 aliphatic rings. The van der Waals surface area contributed by atoms with Gasteiger partial charge in [-0.3, -0.25) is 19.3 Å². The van der Waals surface area contributed by atoms with Gasteiger partial charge in [0.15, 0.2) is 0 Å². The Kier molecular flexibility index (Phi) is 11.5. The summed E-state index contributed by atoms with van der Waals surface area (Å²) in [6.45, 7) is 4.43. The molecule has 12 nitrogen and oxygen atoms in total. The molecule has 0 aromatic heterocycles. The number of amides is 4. The molecule has 0 bridgehead atoms. The van der Waals surface area contributed by atoms with Gasteiger partial charge in [0.25, 0.3) is 11.8 Å². The third-order valence-corrected chi connectivity index (χ3v) is 7.89. The van der Waals surface area contributed by atoms with Crippen LogP contribution >= 0.6 is 0 Å². The molecule has 1 aliphatic heterocycles. The van der Waals surface area contributed by atoms with Crippen molar-refractivity contribution in [2.75, 3.05) is 63.5 Å². The number of para-hydroxylation sites is 2. The SMILES string of the molecule is COCCOCCOCC(=O)N1C[C@H](NC(=O)[C@H](C)N(C)C(=O)O)C(=O)N(Cc2c(C)ccc3ccccc23)c2ccccc21. The molecule has 2 N–H and O–H groups in total. The van der Waals surface area contributed by atoms with E-state index in [9.17, 15) is 24.3 Å². The average molecular weight is 621 g/mol. The van der Waals surface area contributed by atoms with Crippen molar-refractivity contribution >= 4 is 46.0 Å². The number of nitrogens with zero attached hydrogens (tertiary/aromatic N) is 3. The number of carboxylic acid groups (broad SMARTS) is 1. The minimum Gasteiger partial charge on any atom is -0.465 e. The maximum atomic E-state index is 14.4. The van der Waals surface area contributed by atoms with E-state index in [1.165, 1.54) is 18.9 Å². The lowest BCUT2D eigenvalue weighted by Gasteiger charge is -2.28. The lowest BCUT2D eigenvalue weighted by Crippen LogP contribution is -2.56. The molecular weight excluding hydrogens is 580 g/mol. The topological polar surface area (TPSA) is 138 Å². The smallest absolute Gasteiger partial charge is 0.407 e. The maximum absolute atomic E-state index is 14.4. The van der Waals surface area contributed by atoms with Crippen LogP contribution in [-0.2, 0) is 35.1 Å². The quantitative estimate of drug-likeness (QED) is 0.278. The Hall–Kier alpha value is -4.52. The summed E-state index contributed by atoms with van der Waals surface area (Å²) in [5.74, 6) is -1.51. The number of carbonyl (C=O) groups is 4. The molecule has 2 atom stereocenters. The van der Waals surface area contributed by atoms with Gasteiger partial charge in [0.2, 0.25) is 5.91 Å². The highest BCUT2D eigenvalue weighted by Crippen LogP contribution is 2.35. The Morgan fingerprint density at radius 3 is 2.38 bits per heavy atom. The molecule has 3 aromatic rings. The zero-order valence-electron chi connectivity index (χ0n) is 26.0. The summed E-state index contributed by atoms with van der Waals surface area (Å²) in [6, 6.07) is 16.7. The zero-order valence-corrected chi connectivity index (χ0v) is 26.0. The van der Waals surface area contributed by atoms with Gasteiger partial charge in [0.05, 0.1) is 50.9 Å². The van der Waals surface area contributed by atoms with Crippen LogP contribution in [-0.4, -0.2) is 99.6 Å². The number of methoxy groups -OCH3 is 1. The molecule has 0 radical (unpaired) electrons. The molecule has 0 unspecified atom stereocenters. The van der Waals surface area contributed by atoms with Crippen molar-refractivity contribution in [2.45, 2.75) is 32.5 Å². The summed E-state index contributed by atoms with van der Waals surface area (Å²) >= 11 is 0. The van der Waals surface area contributed by atoms with Crippen LogP contribution in [0.4, 0.5) is 16.2 Å². The molecule has 3 aromatic carbocycles. The Morgan fingerprint density at radius 1 is 0.978 bits per heavy atom. The van der Waals surface area contributed by atoms with Crippen LogP contribution in [0, 0.1) is 6.92 Å². The highest BCUT2D eigenvalue weighted by atomic mass is 16.5. The van der Waals surface area contributed by atoms with Crippen molar-refractivity contribution in [3.63, 3.8) is 0 Å². The predicted molar refractivity (Wildman–Crippen MR) is 169 cm³/mol. The van der Waals surface area contributed by atoms with Gasteiger partial charge < -0.3 is 34.4 Å². The fourth-order valence-corrected chi connectivity index (χ4v) is 5.14. The Bertz CT molecular complexity index is 1530. The fourth-order valence-electron chi connectivity index (χ4n) is 5.14. The number of ether oxygens (including phenoxy) is 3. The molecule has 12 heteroatoms. The lowest BCUT2D eigenvalue weighted by atomic mass is 9.99. The average Bonchev–Trinajstić information content (AvgIpc) is 3.15. The second kappa shape index (κ2) is 15.5. The van der Waals surface area contributed by atoms with Crippen LogP contribution in [0.2, 0.25) is 0 Å². The van der Waals surface area contributed by atoms with E-state index in [1.807, 2.05) is 43.3 Å². The molecule has 45 heavy (non-hydrogen) atoms. The summed E-state index contributed by atoms with van der Waals surface area (Å²) < 4.78 is 15.9. The van der Waals surface area contributed by atoms with E-state index in [1.54, 1.807) is 36.3 Å². The molecule has 1 heterocycles. The Morgan fingerprint density at radius 2 is 1.64 bits per heavy atom. The number of fused-ring (bicyclic) bond motifs is 2. The number of hydrogen-bond acceptors (Lipinski definition) is 7. The molecule has 4 rings (SSSR count). The minimum absolute atomic E-state index is 0.176. The van der Waals surface area contributed by atoms with Crippen LogP contribution in [0.15, 0.2) is 60.7 Å². The summed E-state index contributed by atoms with van der Waals surface area (Å²) in [6.07, 6.45) is -1.29. The maximum Gasteiger partial charge on any atom is 0.407 e. The van der Waals surface area contributed by atoms with E-state index in [4.69, 9.17) is 14.2 Å². The monoisotopic (exact) mass is 620 g/mol. The second-order valence-corrected chi connectivity index (χ2v) is 10.8. The van der Waals surface area contributed by atoms with Crippen molar-refractivity contribution in [3.8, 4) is 0 Å². The third kappa shape index (κ3) is 7.96. The first-order valence-electron chi connectivity index (χ1n) is 14.7. The summed E-state index contributed by atoms with van der Waals surface area (Å²) in [5.41, 5.74) is 2.89. The van der Waals surface area contributed by atoms with Gasteiger partial charge in [-0.2, -0.15) is 0 Å². The van der Waals surface area contributed by atoms with Crippen LogP contribution in [0.3, 0.4) is 0 Å². The summed E-state index contributed by atoms with van der Waals surface area (Å²) in [7, 11) is 2.85. The van der Waals surface area contributed by atoms with Crippen LogP contribution < -0.4 is 15.1 Å². The number of rotatable bonds is 13. The standard InChI is InChI=1S/C33H40N4O8/c1-22-13-14-24-9-5-6-10-25(24)26(22)19-37-29-12-8-7-11-28(29)36(30(38)21-45-18-17-44-16-15-43-4)20-27(32(37)40)34-31(39)23(2)35(3)33(41)42/h5-14,23,27H,15-21H2,1-4H3,(H,34,39)(H,41,42)/t23-,27-/m0/s1. The Labute approximate surface area is 262 Å². The molecule has 0 fully saturated rings. The van der Waals surface area contributed by atoms with Gasteiger partial charge in [-0.25, -0.2) is 4.79 Å². The summed E-state index contributed by atoms with van der Waals surface area (Å²) in [4.78, 5) is 56.6. The molecule has 0 aliphatic carbocycles. The highest BCUT2D eigenvalue weighted by molar-refractivity contribution is 6.08. The number of carbonyl (C=O) groups excluding carboxylic acids is 3. The van der Waals surface area contributed by atoms with Crippen molar-refractivity contribution in [3.05, 3.63) is 71.8 Å². The first kappa shape index (κ1) is 33.4. The van der Waals surface area contributed by atoms with Gasteiger partial charge in [0.1, 0.15) is 18.7 Å².